The minimum Gasteiger partial charge on any atom is -0.507 e. The summed E-state index contributed by atoms with van der Waals surface area (Å²) in [7, 11) is 0. The van der Waals surface area contributed by atoms with Crippen LogP contribution in [0.3, 0.4) is 0 Å². The first-order valence-corrected chi connectivity index (χ1v) is 8.01. The number of aryl methyl sites for hydroxylation is 1. The number of rotatable bonds is 2. The van der Waals surface area contributed by atoms with Gasteiger partial charge in [0.25, 0.3) is 0 Å². The SMILES string of the molecule is Cc1ccc(OC2=CCc3c(c(O)c4ccccc4c3O)C2)cc1. The van der Waals surface area contributed by atoms with E-state index >= 15 is 0 Å². The van der Waals surface area contributed by atoms with Gasteiger partial charge in [0.1, 0.15) is 23.0 Å². The van der Waals surface area contributed by atoms with Crippen molar-refractivity contribution in [2.75, 3.05) is 0 Å². The lowest BCUT2D eigenvalue weighted by Gasteiger charge is -2.21. The zero-order valence-electron chi connectivity index (χ0n) is 13.4. The van der Waals surface area contributed by atoms with Crippen molar-refractivity contribution in [2.24, 2.45) is 0 Å². The van der Waals surface area contributed by atoms with Crippen LogP contribution in [0.4, 0.5) is 0 Å². The molecule has 1 aliphatic carbocycles. The van der Waals surface area contributed by atoms with Gasteiger partial charge in [0.2, 0.25) is 0 Å². The number of phenolic OH excluding ortho intramolecular Hbond substituents is 2. The van der Waals surface area contributed by atoms with Crippen LogP contribution in [-0.2, 0) is 12.8 Å². The van der Waals surface area contributed by atoms with Gasteiger partial charge in [0, 0.05) is 28.3 Å². The largest absolute Gasteiger partial charge is 0.507 e. The summed E-state index contributed by atoms with van der Waals surface area (Å²) in [6.45, 7) is 2.03. The summed E-state index contributed by atoms with van der Waals surface area (Å²) in [5, 5.41) is 22.5. The second kappa shape index (κ2) is 5.60. The summed E-state index contributed by atoms with van der Waals surface area (Å²) in [4.78, 5) is 0. The van der Waals surface area contributed by atoms with Crippen molar-refractivity contribution in [3.05, 3.63) is 77.1 Å². The van der Waals surface area contributed by atoms with Crippen LogP contribution >= 0.6 is 0 Å². The second-order valence-corrected chi connectivity index (χ2v) is 6.17. The lowest BCUT2D eigenvalue weighted by atomic mass is 9.90. The van der Waals surface area contributed by atoms with E-state index in [2.05, 4.69) is 0 Å². The fourth-order valence-corrected chi connectivity index (χ4v) is 3.22. The van der Waals surface area contributed by atoms with Gasteiger partial charge >= 0.3 is 0 Å². The van der Waals surface area contributed by atoms with E-state index in [4.69, 9.17) is 4.74 Å². The van der Waals surface area contributed by atoms with E-state index in [1.165, 1.54) is 5.56 Å². The Morgan fingerprint density at radius 1 is 0.833 bits per heavy atom. The molecule has 0 amide bonds. The Kier molecular flexibility index (Phi) is 3.42. The monoisotopic (exact) mass is 318 g/mol. The molecule has 0 fully saturated rings. The minimum absolute atomic E-state index is 0.233. The number of phenols is 2. The Morgan fingerprint density at radius 3 is 2.12 bits per heavy atom. The van der Waals surface area contributed by atoms with Crippen molar-refractivity contribution in [3.63, 3.8) is 0 Å². The zero-order valence-corrected chi connectivity index (χ0v) is 13.4. The minimum atomic E-state index is 0.233. The van der Waals surface area contributed by atoms with Crippen LogP contribution in [0.1, 0.15) is 16.7 Å². The third kappa shape index (κ3) is 2.38. The Labute approximate surface area is 140 Å². The maximum atomic E-state index is 10.6. The van der Waals surface area contributed by atoms with Crippen LogP contribution < -0.4 is 4.74 Å². The summed E-state index contributed by atoms with van der Waals surface area (Å²) in [6, 6.07) is 15.2. The highest BCUT2D eigenvalue weighted by Gasteiger charge is 2.22. The zero-order chi connectivity index (χ0) is 16.7. The molecule has 0 aromatic heterocycles. The highest BCUT2D eigenvalue weighted by atomic mass is 16.5. The second-order valence-electron chi connectivity index (χ2n) is 6.17. The van der Waals surface area contributed by atoms with Gasteiger partial charge in [-0.15, -0.1) is 0 Å². The molecular weight excluding hydrogens is 300 g/mol. The predicted molar refractivity (Wildman–Crippen MR) is 94.6 cm³/mol. The summed E-state index contributed by atoms with van der Waals surface area (Å²) in [6.07, 6.45) is 2.98. The Hall–Kier alpha value is -2.94. The quantitative estimate of drug-likeness (QED) is 0.678. The molecule has 0 spiro atoms. The third-order valence-corrected chi connectivity index (χ3v) is 4.53. The predicted octanol–water partition coefficient (Wildman–Crippen LogP) is 4.62. The highest BCUT2D eigenvalue weighted by Crippen LogP contribution is 2.42. The molecule has 4 rings (SSSR count). The molecule has 0 saturated heterocycles. The fraction of sp³-hybridized carbons (Fsp3) is 0.143. The van der Waals surface area contributed by atoms with Crippen molar-refractivity contribution in [3.8, 4) is 17.2 Å². The number of ether oxygens (including phenoxy) is 1. The van der Waals surface area contributed by atoms with Gasteiger partial charge in [-0.05, 0) is 31.6 Å². The smallest absolute Gasteiger partial charge is 0.127 e. The maximum Gasteiger partial charge on any atom is 0.127 e. The van der Waals surface area contributed by atoms with Crippen LogP contribution in [0.2, 0.25) is 0 Å². The van der Waals surface area contributed by atoms with Crippen LogP contribution in [0.5, 0.6) is 17.2 Å². The first kappa shape index (κ1) is 14.6. The Bertz CT molecular complexity index is 953. The number of fused-ring (bicyclic) bond motifs is 2. The third-order valence-electron chi connectivity index (χ3n) is 4.53. The molecule has 24 heavy (non-hydrogen) atoms. The van der Waals surface area contributed by atoms with Crippen molar-refractivity contribution in [1.82, 2.24) is 0 Å². The van der Waals surface area contributed by atoms with E-state index in [-0.39, 0.29) is 11.5 Å². The molecule has 0 bridgehead atoms. The van der Waals surface area contributed by atoms with Gasteiger partial charge in [-0.25, -0.2) is 0 Å². The van der Waals surface area contributed by atoms with Crippen molar-refractivity contribution in [2.45, 2.75) is 19.8 Å². The first-order chi connectivity index (χ1) is 11.6. The standard InChI is InChI=1S/C21H18O3/c1-13-6-8-14(9-7-13)24-15-10-11-18-19(12-15)21(23)17-5-3-2-4-16(17)20(18)22/h2-10,22-23H,11-12H2,1H3. The normalized spacial score (nSPS) is 13.5. The molecule has 1 aliphatic rings. The molecule has 3 nitrogen and oxygen atoms in total. The van der Waals surface area contributed by atoms with Crippen LogP contribution in [0.25, 0.3) is 10.8 Å². The van der Waals surface area contributed by atoms with Crippen molar-refractivity contribution in [1.29, 1.82) is 0 Å². The van der Waals surface area contributed by atoms with Crippen LogP contribution in [0, 0.1) is 6.92 Å². The van der Waals surface area contributed by atoms with E-state index in [1.54, 1.807) is 0 Å². The molecule has 0 aliphatic heterocycles. The molecule has 3 aromatic carbocycles. The van der Waals surface area contributed by atoms with Gasteiger partial charge < -0.3 is 14.9 Å². The summed E-state index contributed by atoms with van der Waals surface area (Å²) in [5.74, 6) is 2.05. The molecule has 3 heteroatoms. The number of allylic oxidation sites excluding steroid dienone is 2. The lowest BCUT2D eigenvalue weighted by Crippen LogP contribution is -2.09. The molecule has 0 saturated carbocycles. The van der Waals surface area contributed by atoms with Gasteiger partial charge in [-0.3, -0.25) is 0 Å². The van der Waals surface area contributed by atoms with E-state index in [0.29, 0.717) is 23.6 Å². The van der Waals surface area contributed by atoms with Crippen LogP contribution in [-0.4, -0.2) is 10.2 Å². The van der Waals surface area contributed by atoms with Gasteiger partial charge in [0.05, 0.1) is 0 Å². The number of benzene rings is 3. The van der Waals surface area contributed by atoms with Crippen molar-refractivity contribution < 1.29 is 14.9 Å². The number of aromatic hydroxyl groups is 2. The maximum absolute atomic E-state index is 10.6. The molecule has 2 N–H and O–H groups in total. The molecule has 3 aromatic rings. The summed E-state index contributed by atoms with van der Waals surface area (Å²) < 4.78 is 5.94. The molecule has 0 unspecified atom stereocenters. The molecule has 120 valence electrons. The molecule has 0 radical (unpaired) electrons. The van der Waals surface area contributed by atoms with Gasteiger partial charge in [-0.2, -0.15) is 0 Å². The summed E-state index contributed by atoms with van der Waals surface area (Å²) >= 11 is 0. The molecule has 0 heterocycles. The average molecular weight is 318 g/mol. The van der Waals surface area contributed by atoms with E-state index < -0.39 is 0 Å². The van der Waals surface area contributed by atoms with Gasteiger partial charge in [0.15, 0.2) is 0 Å². The average Bonchev–Trinajstić information content (AvgIpc) is 2.62. The van der Waals surface area contributed by atoms with Gasteiger partial charge in [-0.1, -0.05) is 42.0 Å². The lowest BCUT2D eigenvalue weighted by molar-refractivity contribution is 0.399. The molecule has 0 atom stereocenters. The van der Waals surface area contributed by atoms with E-state index in [1.807, 2.05) is 61.5 Å². The molecular formula is C21H18O3. The van der Waals surface area contributed by atoms with E-state index in [9.17, 15) is 10.2 Å². The first-order valence-electron chi connectivity index (χ1n) is 8.01. The summed E-state index contributed by atoms with van der Waals surface area (Å²) in [5.41, 5.74) is 2.71. The number of hydrogen-bond donors (Lipinski definition) is 2. The highest BCUT2D eigenvalue weighted by molar-refractivity contribution is 5.95. The number of hydrogen-bond acceptors (Lipinski definition) is 3. The Morgan fingerprint density at radius 2 is 1.46 bits per heavy atom. The van der Waals surface area contributed by atoms with Crippen molar-refractivity contribution >= 4 is 10.8 Å². The van der Waals surface area contributed by atoms with E-state index in [0.717, 1.165) is 22.6 Å². The topological polar surface area (TPSA) is 49.7 Å². The fourth-order valence-electron chi connectivity index (χ4n) is 3.22. The van der Waals surface area contributed by atoms with Crippen LogP contribution in [0.15, 0.2) is 60.4 Å². The Balaban J connectivity index is 1.71.